The van der Waals surface area contributed by atoms with Crippen LogP contribution in [-0.2, 0) is 19.1 Å². The Morgan fingerprint density at radius 1 is 1.05 bits per heavy atom. The molecule has 0 fully saturated rings. The largest absolute Gasteiger partial charge is 0.480 e. The van der Waals surface area contributed by atoms with Crippen molar-refractivity contribution in [1.29, 1.82) is 0 Å². The van der Waals surface area contributed by atoms with Crippen LogP contribution in [0.1, 0.15) is 44.9 Å². The molecule has 13 nitrogen and oxygen atoms in total. The molecule has 0 aromatic heterocycles. The summed E-state index contributed by atoms with van der Waals surface area (Å²) in [6.07, 6.45) is -1.47. The summed E-state index contributed by atoms with van der Waals surface area (Å²) < 4.78 is 10.3. The zero-order valence-electron chi connectivity index (χ0n) is 24.6. The molecular weight excluding hydrogens is 558 g/mol. The Kier molecular flexibility index (Phi) is 9.04. The smallest absolute Gasteiger partial charge is 0.413 e. The monoisotopic (exact) mass is 593 g/mol. The molecule has 0 spiro atoms. The molecule has 2 atom stereocenters. The van der Waals surface area contributed by atoms with E-state index >= 15 is 0 Å². The van der Waals surface area contributed by atoms with Gasteiger partial charge < -0.3 is 29.5 Å². The maximum absolute atomic E-state index is 13.6. The average Bonchev–Trinajstić information content (AvgIpc) is 3.26. The highest BCUT2D eigenvalue weighted by molar-refractivity contribution is 6.02. The molecule has 2 unspecified atom stereocenters. The van der Waals surface area contributed by atoms with E-state index in [2.05, 4.69) is 10.3 Å². The van der Waals surface area contributed by atoms with Crippen molar-refractivity contribution in [3.05, 3.63) is 71.9 Å². The number of ether oxygens (including phenoxy) is 2. The number of nitrogens with one attached hydrogen (secondary N) is 1. The highest BCUT2D eigenvalue weighted by Crippen LogP contribution is 2.47. The summed E-state index contributed by atoms with van der Waals surface area (Å²) in [6, 6.07) is 14.4. The zero-order chi connectivity index (χ0) is 31.5. The van der Waals surface area contributed by atoms with Gasteiger partial charge in [0.1, 0.15) is 30.7 Å². The van der Waals surface area contributed by atoms with Gasteiger partial charge in [0.25, 0.3) is 0 Å². The van der Waals surface area contributed by atoms with Crippen molar-refractivity contribution in [1.82, 2.24) is 20.0 Å². The third-order valence-corrected chi connectivity index (χ3v) is 6.87. The van der Waals surface area contributed by atoms with E-state index in [-0.39, 0.29) is 5.84 Å². The highest BCUT2D eigenvalue weighted by atomic mass is 16.6. The number of fused-ring (bicyclic) bond motifs is 3. The predicted octanol–water partition coefficient (Wildman–Crippen LogP) is 3.11. The molecule has 43 heavy (non-hydrogen) atoms. The molecule has 228 valence electrons. The number of carbonyl (C=O) groups is 4. The fourth-order valence-electron chi connectivity index (χ4n) is 5.08. The molecule has 0 radical (unpaired) electrons. The molecule has 1 aliphatic heterocycles. The summed E-state index contributed by atoms with van der Waals surface area (Å²) in [4.78, 5) is 58.4. The minimum absolute atomic E-state index is 0.0108. The number of alkyl carbamates (subject to hydrolysis) is 1. The average molecular weight is 594 g/mol. The van der Waals surface area contributed by atoms with E-state index in [0.717, 1.165) is 32.1 Å². The van der Waals surface area contributed by atoms with Gasteiger partial charge in [-0.1, -0.05) is 48.5 Å². The van der Waals surface area contributed by atoms with Gasteiger partial charge in [-0.25, -0.2) is 14.6 Å². The first-order chi connectivity index (χ1) is 20.3. The van der Waals surface area contributed by atoms with E-state index in [1.807, 2.05) is 48.5 Å². The lowest BCUT2D eigenvalue weighted by Gasteiger charge is -2.40. The van der Waals surface area contributed by atoms with Crippen LogP contribution < -0.4 is 5.32 Å². The molecule has 4 rings (SSSR count). The SMILES string of the molecule is COC(=O)N(C1c2ccccc2-c2ccccc21)C(C)N(CC(=O)O)C(=O)CN1C=CC(NC(=O)OC(C)(C)C)=NC1O. The molecule has 3 amide bonds. The number of nitrogens with zero attached hydrogens (tertiary/aromatic N) is 4. The van der Waals surface area contributed by atoms with Gasteiger partial charge in [-0.2, -0.15) is 0 Å². The van der Waals surface area contributed by atoms with Gasteiger partial charge in [-0.05, 0) is 56.0 Å². The molecule has 0 saturated carbocycles. The van der Waals surface area contributed by atoms with Crippen LogP contribution in [0, 0.1) is 0 Å². The van der Waals surface area contributed by atoms with Crippen molar-refractivity contribution >= 4 is 29.9 Å². The van der Waals surface area contributed by atoms with Crippen molar-refractivity contribution in [2.75, 3.05) is 20.2 Å². The van der Waals surface area contributed by atoms with Crippen LogP contribution in [0.5, 0.6) is 0 Å². The van der Waals surface area contributed by atoms with Crippen molar-refractivity contribution in [3.63, 3.8) is 0 Å². The van der Waals surface area contributed by atoms with Gasteiger partial charge in [-0.15, -0.1) is 0 Å². The zero-order valence-corrected chi connectivity index (χ0v) is 24.6. The van der Waals surface area contributed by atoms with Crippen LogP contribution in [0.4, 0.5) is 9.59 Å². The minimum atomic E-state index is -1.56. The van der Waals surface area contributed by atoms with Gasteiger partial charge in [-0.3, -0.25) is 19.8 Å². The van der Waals surface area contributed by atoms with Crippen LogP contribution in [0.3, 0.4) is 0 Å². The van der Waals surface area contributed by atoms with Crippen molar-refractivity contribution in [2.45, 2.75) is 51.9 Å². The second-order valence-electron chi connectivity index (χ2n) is 11.0. The number of aliphatic carboxylic acids is 1. The first-order valence-corrected chi connectivity index (χ1v) is 13.6. The third kappa shape index (κ3) is 6.95. The summed E-state index contributed by atoms with van der Waals surface area (Å²) in [5.41, 5.74) is 2.69. The summed E-state index contributed by atoms with van der Waals surface area (Å²) in [5.74, 6) is -1.99. The molecular formula is C30H35N5O8. The second kappa shape index (κ2) is 12.5. The number of rotatable bonds is 7. The van der Waals surface area contributed by atoms with E-state index in [4.69, 9.17) is 9.47 Å². The number of carboxylic acid groups (broad SMARTS) is 1. The van der Waals surface area contributed by atoms with Crippen LogP contribution in [-0.4, -0.2) is 93.1 Å². The number of hydrogen-bond acceptors (Lipinski definition) is 9. The van der Waals surface area contributed by atoms with Gasteiger partial charge in [0, 0.05) is 6.20 Å². The van der Waals surface area contributed by atoms with E-state index < -0.39 is 61.3 Å². The Morgan fingerprint density at radius 2 is 1.63 bits per heavy atom. The molecule has 1 heterocycles. The number of aliphatic hydroxyl groups excluding tert-OH is 1. The number of amides is 3. The van der Waals surface area contributed by atoms with Gasteiger partial charge in [0.2, 0.25) is 12.3 Å². The van der Waals surface area contributed by atoms with Crippen molar-refractivity contribution in [3.8, 4) is 11.1 Å². The fourth-order valence-corrected chi connectivity index (χ4v) is 5.08. The number of hydrogen-bond donors (Lipinski definition) is 3. The van der Waals surface area contributed by atoms with Gasteiger partial charge in [0.05, 0.1) is 13.2 Å². The number of aliphatic hydroxyl groups is 1. The minimum Gasteiger partial charge on any atom is -0.480 e. The van der Waals surface area contributed by atoms with E-state index in [0.29, 0.717) is 0 Å². The normalized spacial score (nSPS) is 16.4. The van der Waals surface area contributed by atoms with E-state index in [9.17, 15) is 29.4 Å². The van der Waals surface area contributed by atoms with Crippen molar-refractivity contribution < 1.29 is 38.9 Å². The summed E-state index contributed by atoms with van der Waals surface area (Å²) in [5, 5.41) is 22.7. The highest BCUT2D eigenvalue weighted by Gasteiger charge is 2.41. The fraction of sp³-hybridized carbons (Fsp3) is 0.367. The van der Waals surface area contributed by atoms with Crippen LogP contribution in [0.2, 0.25) is 0 Å². The van der Waals surface area contributed by atoms with Gasteiger partial charge in [0.15, 0.2) is 0 Å². The standard InChI is InChI=1S/C30H35N5O8/c1-18(35(29(41)42-5)26-21-12-8-6-10-19(21)20-11-7-9-13-22(20)26)34(17-25(37)38)24(36)16-33-15-14-23(31-27(33)39)32-28(40)43-30(2,3)4/h6-15,18,26-27,39H,16-17H2,1-5H3,(H,37,38)(H,31,32,40). The molecule has 1 aliphatic carbocycles. The Hall–Kier alpha value is -4.91. The lowest BCUT2D eigenvalue weighted by molar-refractivity contribution is -0.150. The quantitative estimate of drug-likeness (QED) is 0.410. The maximum Gasteiger partial charge on any atom is 0.413 e. The van der Waals surface area contributed by atoms with Crippen LogP contribution >= 0.6 is 0 Å². The Balaban J connectivity index is 1.58. The van der Waals surface area contributed by atoms with Crippen molar-refractivity contribution in [2.24, 2.45) is 4.99 Å². The number of amidine groups is 1. The van der Waals surface area contributed by atoms with E-state index in [1.54, 1.807) is 27.7 Å². The molecule has 2 aromatic rings. The molecule has 3 N–H and O–H groups in total. The Bertz CT molecular complexity index is 1420. The molecule has 2 aliphatic rings. The summed E-state index contributed by atoms with van der Waals surface area (Å²) >= 11 is 0. The molecule has 0 bridgehead atoms. The van der Waals surface area contributed by atoms with Crippen LogP contribution in [0.15, 0.2) is 65.8 Å². The first kappa shape index (κ1) is 31.0. The Labute approximate surface area is 249 Å². The lowest BCUT2D eigenvalue weighted by atomic mass is 10.0. The summed E-state index contributed by atoms with van der Waals surface area (Å²) in [7, 11) is 1.22. The Morgan fingerprint density at radius 3 is 2.14 bits per heavy atom. The predicted molar refractivity (Wildman–Crippen MR) is 155 cm³/mol. The molecule has 13 heteroatoms. The number of benzene rings is 2. The second-order valence-corrected chi connectivity index (χ2v) is 11.0. The third-order valence-electron chi connectivity index (χ3n) is 6.87. The topological polar surface area (TPSA) is 161 Å². The van der Waals surface area contributed by atoms with E-state index in [1.165, 1.54) is 24.3 Å². The number of aliphatic imine (C=N–C) groups is 1. The maximum atomic E-state index is 13.6. The first-order valence-electron chi connectivity index (χ1n) is 13.6. The molecule has 0 saturated heterocycles. The molecule has 2 aromatic carbocycles. The number of carboxylic acids is 1. The lowest BCUT2D eigenvalue weighted by Crippen LogP contribution is -2.56. The summed E-state index contributed by atoms with van der Waals surface area (Å²) in [6.45, 7) is 5.43. The van der Waals surface area contributed by atoms with Gasteiger partial charge >= 0.3 is 18.2 Å². The number of methoxy groups -OCH3 is 1. The van der Waals surface area contributed by atoms with Crippen LogP contribution in [0.25, 0.3) is 11.1 Å². The number of carbonyl (C=O) groups excluding carboxylic acids is 3.